The highest BCUT2D eigenvalue weighted by Gasteiger charge is 1.93. The summed E-state index contributed by atoms with van der Waals surface area (Å²) in [5.74, 6) is 1.90. The first-order valence-corrected chi connectivity index (χ1v) is 4.92. The maximum Gasteiger partial charge on any atom is 0.118 e. The number of methoxy groups -OCH3 is 1. The van der Waals surface area contributed by atoms with Gasteiger partial charge in [-0.2, -0.15) is 12.6 Å². The number of ether oxygens (including phenoxy) is 1. The first-order valence-electron chi connectivity index (χ1n) is 4.29. The van der Waals surface area contributed by atoms with E-state index in [1.54, 1.807) is 7.11 Å². The van der Waals surface area contributed by atoms with Crippen molar-refractivity contribution in [1.29, 1.82) is 0 Å². The van der Waals surface area contributed by atoms with Crippen molar-refractivity contribution < 1.29 is 4.74 Å². The molecule has 0 fully saturated rings. The SMILES string of the molecule is COc1ccc(CN=C(N)CS)cc1. The molecule has 0 aliphatic heterocycles. The van der Waals surface area contributed by atoms with Crippen LogP contribution in [0.2, 0.25) is 0 Å². The molecule has 0 atom stereocenters. The molecule has 0 aliphatic rings. The molecule has 0 aromatic heterocycles. The van der Waals surface area contributed by atoms with Gasteiger partial charge in [0.15, 0.2) is 0 Å². The van der Waals surface area contributed by atoms with E-state index >= 15 is 0 Å². The number of amidine groups is 1. The minimum atomic E-state index is 0.496. The Morgan fingerprint density at radius 3 is 2.57 bits per heavy atom. The Labute approximate surface area is 89.4 Å². The molecule has 76 valence electrons. The van der Waals surface area contributed by atoms with Gasteiger partial charge in [0.1, 0.15) is 11.6 Å². The lowest BCUT2D eigenvalue weighted by Crippen LogP contribution is -2.13. The maximum atomic E-state index is 5.53. The van der Waals surface area contributed by atoms with Gasteiger partial charge in [0.05, 0.1) is 13.7 Å². The molecule has 4 heteroatoms. The number of aliphatic imine (C=N–C) groups is 1. The first kappa shape index (κ1) is 10.9. The van der Waals surface area contributed by atoms with Crippen LogP contribution in [0.4, 0.5) is 0 Å². The molecule has 0 amide bonds. The number of nitrogens with zero attached hydrogens (tertiary/aromatic N) is 1. The zero-order chi connectivity index (χ0) is 10.4. The van der Waals surface area contributed by atoms with Crippen molar-refractivity contribution in [2.45, 2.75) is 6.54 Å². The first-order chi connectivity index (χ1) is 6.76. The van der Waals surface area contributed by atoms with Crippen LogP contribution in [0.25, 0.3) is 0 Å². The number of hydrogen-bond donors (Lipinski definition) is 2. The van der Waals surface area contributed by atoms with Crippen LogP contribution in [0.1, 0.15) is 5.56 Å². The molecular formula is C10H14N2OS. The molecular weight excluding hydrogens is 196 g/mol. The number of thiol groups is 1. The number of rotatable bonds is 4. The lowest BCUT2D eigenvalue weighted by molar-refractivity contribution is 0.414. The van der Waals surface area contributed by atoms with Crippen molar-refractivity contribution in [3.8, 4) is 5.75 Å². The van der Waals surface area contributed by atoms with E-state index in [4.69, 9.17) is 10.5 Å². The second-order valence-corrected chi connectivity index (χ2v) is 3.13. The second kappa shape index (κ2) is 5.54. The van der Waals surface area contributed by atoms with Gasteiger partial charge in [-0.3, -0.25) is 4.99 Å². The molecule has 0 saturated carbocycles. The standard InChI is InChI=1S/C10H14N2OS/c1-13-9-4-2-8(3-5-9)6-12-10(11)7-14/h2-5,14H,6-7H2,1H3,(H2,11,12). The van der Waals surface area contributed by atoms with E-state index in [1.807, 2.05) is 24.3 Å². The van der Waals surface area contributed by atoms with Crippen LogP contribution in [-0.2, 0) is 6.54 Å². The quantitative estimate of drug-likeness (QED) is 0.449. The fourth-order valence-electron chi connectivity index (χ4n) is 0.974. The van der Waals surface area contributed by atoms with Crippen LogP contribution in [0.15, 0.2) is 29.3 Å². The van der Waals surface area contributed by atoms with Crippen LogP contribution in [0, 0.1) is 0 Å². The fraction of sp³-hybridized carbons (Fsp3) is 0.300. The van der Waals surface area contributed by atoms with Crippen molar-refractivity contribution in [3.05, 3.63) is 29.8 Å². The summed E-state index contributed by atoms with van der Waals surface area (Å²) in [6.07, 6.45) is 0. The zero-order valence-electron chi connectivity index (χ0n) is 8.10. The monoisotopic (exact) mass is 210 g/mol. The fourth-order valence-corrected chi connectivity index (χ4v) is 1.07. The highest BCUT2D eigenvalue weighted by molar-refractivity contribution is 7.81. The lowest BCUT2D eigenvalue weighted by Gasteiger charge is -2.01. The molecule has 3 nitrogen and oxygen atoms in total. The van der Waals surface area contributed by atoms with Gasteiger partial charge in [-0.25, -0.2) is 0 Å². The number of nitrogens with two attached hydrogens (primary N) is 1. The number of hydrogen-bond acceptors (Lipinski definition) is 3. The van der Waals surface area contributed by atoms with Gasteiger partial charge >= 0.3 is 0 Å². The van der Waals surface area contributed by atoms with Gasteiger partial charge in [-0.15, -0.1) is 0 Å². The van der Waals surface area contributed by atoms with E-state index < -0.39 is 0 Å². The van der Waals surface area contributed by atoms with E-state index in [-0.39, 0.29) is 0 Å². The van der Waals surface area contributed by atoms with E-state index in [2.05, 4.69) is 17.6 Å². The second-order valence-electron chi connectivity index (χ2n) is 2.81. The molecule has 0 spiro atoms. The maximum absolute atomic E-state index is 5.53. The molecule has 14 heavy (non-hydrogen) atoms. The summed E-state index contributed by atoms with van der Waals surface area (Å²) in [6, 6.07) is 7.74. The van der Waals surface area contributed by atoms with Crippen LogP contribution < -0.4 is 10.5 Å². The van der Waals surface area contributed by atoms with Crippen molar-refractivity contribution in [2.24, 2.45) is 10.7 Å². The third-order valence-corrected chi connectivity index (χ3v) is 2.11. The van der Waals surface area contributed by atoms with E-state index in [0.717, 1.165) is 11.3 Å². The molecule has 1 aromatic rings. The zero-order valence-corrected chi connectivity index (χ0v) is 9.00. The summed E-state index contributed by atoms with van der Waals surface area (Å²) < 4.78 is 5.04. The number of benzene rings is 1. The van der Waals surface area contributed by atoms with Crippen molar-refractivity contribution in [2.75, 3.05) is 12.9 Å². The third kappa shape index (κ3) is 3.30. The molecule has 2 N–H and O–H groups in total. The van der Waals surface area contributed by atoms with Crippen LogP contribution >= 0.6 is 12.6 Å². The van der Waals surface area contributed by atoms with E-state index in [9.17, 15) is 0 Å². The largest absolute Gasteiger partial charge is 0.497 e. The highest BCUT2D eigenvalue weighted by Crippen LogP contribution is 2.11. The van der Waals surface area contributed by atoms with Crippen molar-refractivity contribution in [3.63, 3.8) is 0 Å². The Morgan fingerprint density at radius 2 is 2.07 bits per heavy atom. The highest BCUT2D eigenvalue weighted by atomic mass is 32.1. The minimum Gasteiger partial charge on any atom is -0.497 e. The van der Waals surface area contributed by atoms with Gasteiger partial charge in [-0.1, -0.05) is 12.1 Å². The lowest BCUT2D eigenvalue weighted by atomic mass is 10.2. The Kier molecular flexibility index (Phi) is 4.32. The van der Waals surface area contributed by atoms with Gasteiger partial charge in [0, 0.05) is 5.75 Å². The summed E-state index contributed by atoms with van der Waals surface area (Å²) in [5, 5.41) is 0. The van der Waals surface area contributed by atoms with E-state index in [1.165, 1.54) is 0 Å². The molecule has 0 radical (unpaired) electrons. The summed E-state index contributed by atoms with van der Waals surface area (Å²) in [5.41, 5.74) is 6.63. The molecule has 0 aliphatic carbocycles. The van der Waals surface area contributed by atoms with Crippen LogP contribution in [-0.4, -0.2) is 18.7 Å². The molecule has 0 heterocycles. The van der Waals surface area contributed by atoms with Gasteiger partial charge in [0.2, 0.25) is 0 Å². The normalized spacial score (nSPS) is 11.4. The van der Waals surface area contributed by atoms with Gasteiger partial charge in [-0.05, 0) is 17.7 Å². The Balaban J connectivity index is 2.60. The Morgan fingerprint density at radius 1 is 1.43 bits per heavy atom. The van der Waals surface area contributed by atoms with E-state index in [0.29, 0.717) is 18.1 Å². The Bertz CT molecular complexity index is 308. The molecule has 1 aromatic carbocycles. The average molecular weight is 210 g/mol. The van der Waals surface area contributed by atoms with Crippen molar-refractivity contribution >= 4 is 18.5 Å². The molecule has 0 bridgehead atoms. The molecule has 0 unspecified atom stereocenters. The predicted octanol–water partition coefficient (Wildman–Crippen LogP) is 1.48. The summed E-state index contributed by atoms with van der Waals surface area (Å²) in [4.78, 5) is 4.15. The van der Waals surface area contributed by atoms with Crippen LogP contribution in [0.5, 0.6) is 5.75 Å². The predicted molar refractivity (Wildman–Crippen MR) is 62.2 cm³/mol. The smallest absolute Gasteiger partial charge is 0.118 e. The van der Waals surface area contributed by atoms with Crippen LogP contribution in [0.3, 0.4) is 0 Å². The topological polar surface area (TPSA) is 47.6 Å². The average Bonchev–Trinajstić information content (AvgIpc) is 2.26. The summed E-state index contributed by atoms with van der Waals surface area (Å²) >= 11 is 4.02. The third-order valence-electron chi connectivity index (χ3n) is 1.79. The molecule has 1 rings (SSSR count). The summed E-state index contributed by atoms with van der Waals surface area (Å²) in [6.45, 7) is 0.594. The van der Waals surface area contributed by atoms with Gasteiger partial charge in [0.25, 0.3) is 0 Å². The van der Waals surface area contributed by atoms with Gasteiger partial charge < -0.3 is 10.5 Å². The summed E-state index contributed by atoms with van der Waals surface area (Å²) in [7, 11) is 1.64. The Hall–Kier alpha value is -1.16. The molecule has 0 saturated heterocycles. The minimum absolute atomic E-state index is 0.496. The van der Waals surface area contributed by atoms with Crippen molar-refractivity contribution in [1.82, 2.24) is 0 Å².